The third-order valence-corrected chi connectivity index (χ3v) is 10.2. The summed E-state index contributed by atoms with van der Waals surface area (Å²) in [5, 5.41) is 10.0. The third kappa shape index (κ3) is 3.44. The van der Waals surface area contributed by atoms with E-state index in [-0.39, 0.29) is 24.5 Å². The van der Waals surface area contributed by atoms with Gasteiger partial charge >= 0.3 is 5.97 Å². The second-order valence-electron chi connectivity index (χ2n) is 12.5. The first-order valence-corrected chi connectivity index (χ1v) is 13.6. The van der Waals surface area contributed by atoms with Crippen LogP contribution in [0.15, 0.2) is 23.8 Å². The quantitative estimate of drug-likeness (QED) is 0.527. The molecule has 0 aromatic heterocycles. The van der Waals surface area contributed by atoms with E-state index in [4.69, 9.17) is 14.2 Å². The van der Waals surface area contributed by atoms with Gasteiger partial charge < -0.3 is 19.3 Å². The van der Waals surface area contributed by atoms with Crippen LogP contribution in [0.1, 0.15) is 79.6 Å². The molecule has 37 heavy (non-hydrogen) atoms. The summed E-state index contributed by atoms with van der Waals surface area (Å²) in [6.07, 6.45) is 5.80. The number of carbonyl (C=O) groups is 3. The second kappa shape index (κ2) is 8.55. The van der Waals surface area contributed by atoms with Gasteiger partial charge in [-0.15, -0.1) is 0 Å². The first-order chi connectivity index (χ1) is 17.3. The lowest BCUT2D eigenvalue weighted by Crippen LogP contribution is -2.70. The summed E-state index contributed by atoms with van der Waals surface area (Å²) in [5.41, 5.74) is -4.82. The maximum absolute atomic E-state index is 18.1. The Bertz CT molecular complexity index is 1080. The molecule has 0 spiro atoms. The molecule has 5 aliphatic rings. The molecule has 8 heteroatoms. The highest BCUT2D eigenvalue weighted by atomic mass is 19.1. The molecule has 7 nitrogen and oxygen atoms in total. The van der Waals surface area contributed by atoms with Gasteiger partial charge in [-0.25, -0.2) is 4.39 Å². The molecule has 204 valence electrons. The lowest BCUT2D eigenvalue weighted by atomic mass is 9.44. The summed E-state index contributed by atoms with van der Waals surface area (Å²) in [5.74, 6) is -3.06. The van der Waals surface area contributed by atoms with Crippen molar-refractivity contribution in [3.63, 3.8) is 0 Å². The van der Waals surface area contributed by atoms with Gasteiger partial charge in [-0.05, 0) is 70.9 Å². The van der Waals surface area contributed by atoms with Crippen LogP contribution in [0.5, 0.6) is 0 Å². The van der Waals surface area contributed by atoms with Gasteiger partial charge in [-0.1, -0.05) is 31.9 Å². The number of esters is 1. The summed E-state index contributed by atoms with van der Waals surface area (Å²) in [6, 6.07) is 0. The van der Waals surface area contributed by atoms with Crippen molar-refractivity contribution in [3.05, 3.63) is 23.8 Å². The van der Waals surface area contributed by atoms with Crippen LogP contribution in [0.2, 0.25) is 0 Å². The van der Waals surface area contributed by atoms with Crippen LogP contribution in [-0.2, 0) is 28.6 Å². The number of rotatable bonds is 6. The Morgan fingerprint density at radius 1 is 1.22 bits per heavy atom. The average Bonchev–Trinajstić information content (AvgIpc) is 3.24. The fourth-order valence-electron chi connectivity index (χ4n) is 8.56. The molecule has 0 radical (unpaired) electrons. The van der Waals surface area contributed by atoms with Crippen LogP contribution in [0.4, 0.5) is 4.39 Å². The van der Waals surface area contributed by atoms with Crippen molar-refractivity contribution in [2.75, 3.05) is 6.61 Å². The van der Waals surface area contributed by atoms with Crippen molar-refractivity contribution < 1.29 is 38.1 Å². The van der Waals surface area contributed by atoms with E-state index >= 15 is 4.39 Å². The first kappa shape index (κ1) is 26.7. The zero-order chi connectivity index (χ0) is 27.0. The number of Topliss-reactive ketones (excluding diaryl/α,β-unsaturated/α-hetero) is 1. The highest BCUT2D eigenvalue weighted by molar-refractivity contribution is 6.01. The highest BCUT2D eigenvalue weighted by Crippen LogP contribution is 2.72. The normalized spacial score (nSPS) is 45.4. The van der Waals surface area contributed by atoms with Crippen molar-refractivity contribution in [2.45, 2.75) is 109 Å². The molecular weight excluding hydrogens is 479 g/mol. The summed E-state index contributed by atoms with van der Waals surface area (Å²) < 4.78 is 36.7. The topological polar surface area (TPSA) is 99.1 Å². The number of aliphatic hydroxyl groups is 1. The van der Waals surface area contributed by atoms with E-state index in [1.807, 2.05) is 13.8 Å². The van der Waals surface area contributed by atoms with Crippen molar-refractivity contribution in [3.8, 4) is 0 Å². The van der Waals surface area contributed by atoms with Crippen LogP contribution >= 0.6 is 0 Å². The Hall–Kier alpha value is -1.90. The lowest BCUT2D eigenvalue weighted by molar-refractivity contribution is -0.251. The van der Waals surface area contributed by atoms with Crippen molar-refractivity contribution in [1.29, 1.82) is 0 Å². The number of unbranched alkanes of at least 4 members (excludes halogenated alkanes) is 1. The summed E-state index contributed by atoms with van der Waals surface area (Å²) in [6.45, 7) is 8.43. The molecule has 1 aliphatic heterocycles. The van der Waals surface area contributed by atoms with E-state index in [0.717, 1.165) is 6.42 Å². The predicted molar refractivity (Wildman–Crippen MR) is 132 cm³/mol. The largest absolute Gasteiger partial charge is 0.459 e. The van der Waals surface area contributed by atoms with E-state index < -0.39 is 64.4 Å². The fraction of sp³-hybridized carbons (Fsp3) is 0.759. The van der Waals surface area contributed by atoms with Crippen LogP contribution < -0.4 is 0 Å². The van der Waals surface area contributed by atoms with E-state index in [2.05, 4.69) is 0 Å². The Morgan fingerprint density at radius 3 is 2.62 bits per heavy atom. The van der Waals surface area contributed by atoms with Gasteiger partial charge in [-0.3, -0.25) is 14.4 Å². The molecular formula is C29H39FO7. The zero-order valence-corrected chi connectivity index (χ0v) is 22.5. The van der Waals surface area contributed by atoms with Gasteiger partial charge in [-0.2, -0.15) is 0 Å². The maximum atomic E-state index is 18.1. The maximum Gasteiger partial charge on any atom is 0.306 e. The smallest absolute Gasteiger partial charge is 0.306 e. The summed E-state index contributed by atoms with van der Waals surface area (Å²) in [7, 11) is 0. The van der Waals surface area contributed by atoms with E-state index in [1.54, 1.807) is 26.8 Å². The molecule has 3 saturated carbocycles. The molecule has 1 N–H and O–H groups in total. The molecule has 4 aliphatic carbocycles. The molecule has 0 amide bonds. The second-order valence-corrected chi connectivity index (χ2v) is 12.5. The number of fused-ring (bicyclic) bond motifs is 7. The van der Waals surface area contributed by atoms with Crippen molar-refractivity contribution in [1.82, 2.24) is 0 Å². The Kier molecular flexibility index (Phi) is 6.17. The minimum Gasteiger partial charge on any atom is -0.459 e. The minimum absolute atomic E-state index is 0.0505. The van der Waals surface area contributed by atoms with Crippen molar-refractivity contribution in [2.24, 2.45) is 22.7 Å². The van der Waals surface area contributed by atoms with Crippen LogP contribution in [0.25, 0.3) is 0 Å². The standard InChI is InChI=1S/C29H39FO7/c1-6-7-8-24(34)35-23-15-27(5)20(14-22-29(27,21(33)16-31)37-25(2,3)36-22)19-10-9-17-13-18(32)11-12-26(17,4)28(19,23)30/h11-13,19-20,22-23,31H,6-10,14-16H2,1-5H3/t19-,20-,22+,23-,26-,27-,28-,29+/m0/s1. The number of ether oxygens (including phenoxy) is 3. The molecule has 8 atom stereocenters. The number of halogens is 1. The van der Waals surface area contributed by atoms with E-state index in [9.17, 15) is 19.5 Å². The molecule has 5 rings (SSSR count). The summed E-state index contributed by atoms with van der Waals surface area (Å²) in [4.78, 5) is 38.7. The fourth-order valence-corrected chi connectivity index (χ4v) is 8.56. The number of allylic oxidation sites excluding steroid dienone is 4. The first-order valence-electron chi connectivity index (χ1n) is 13.6. The lowest BCUT2D eigenvalue weighted by Gasteiger charge is -2.63. The highest BCUT2D eigenvalue weighted by Gasteiger charge is 2.80. The molecule has 0 aromatic rings. The molecule has 0 aromatic carbocycles. The monoisotopic (exact) mass is 518 g/mol. The van der Waals surface area contributed by atoms with Gasteiger partial charge in [0.25, 0.3) is 0 Å². The van der Waals surface area contributed by atoms with Crippen LogP contribution in [0.3, 0.4) is 0 Å². The van der Waals surface area contributed by atoms with Gasteiger partial charge in [0.2, 0.25) is 0 Å². The zero-order valence-electron chi connectivity index (χ0n) is 22.5. The van der Waals surface area contributed by atoms with E-state index in [1.165, 1.54) is 12.2 Å². The van der Waals surface area contributed by atoms with Gasteiger partial charge in [0.05, 0.1) is 6.10 Å². The van der Waals surface area contributed by atoms with Crippen LogP contribution in [-0.4, -0.2) is 58.5 Å². The number of aliphatic hydroxyl groups excluding tert-OH is 1. The van der Waals surface area contributed by atoms with Crippen molar-refractivity contribution >= 4 is 17.5 Å². The number of hydrogen-bond acceptors (Lipinski definition) is 7. The molecule has 0 bridgehead atoms. The van der Waals surface area contributed by atoms with Gasteiger partial charge in [0.15, 0.2) is 28.6 Å². The van der Waals surface area contributed by atoms with Crippen LogP contribution in [0, 0.1) is 22.7 Å². The number of ketones is 2. The Morgan fingerprint density at radius 2 is 1.95 bits per heavy atom. The Balaban J connectivity index is 1.65. The predicted octanol–water partition coefficient (Wildman–Crippen LogP) is 4.16. The molecule has 0 unspecified atom stereocenters. The average molecular weight is 519 g/mol. The minimum atomic E-state index is -1.99. The van der Waals surface area contributed by atoms with Gasteiger partial charge in [0, 0.05) is 23.2 Å². The molecule has 1 saturated heterocycles. The number of hydrogen-bond donors (Lipinski definition) is 1. The molecule has 1 heterocycles. The van der Waals surface area contributed by atoms with E-state index in [0.29, 0.717) is 31.3 Å². The number of carbonyl (C=O) groups excluding carboxylic acids is 3. The third-order valence-electron chi connectivity index (χ3n) is 10.2. The molecule has 4 fully saturated rings. The SMILES string of the molecule is CCCCC(=O)O[C@H]1C[C@@]2(C)[C@@H](C[C@H]3OC(C)(C)O[C@]32C(=O)CO)[C@@H]2CCC3=CC(=O)C=C[C@]3(C)[C@@]12F. The number of alkyl halides is 1. The summed E-state index contributed by atoms with van der Waals surface area (Å²) >= 11 is 0. The Labute approximate surface area is 217 Å². The van der Waals surface area contributed by atoms with Gasteiger partial charge in [0.1, 0.15) is 12.7 Å².